The number of aliphatic hydroxyl groups excluding tert-OH is 8. The molecule has 26 unspecified atom stereocenters. The molecule has 111 heavy (non-hydrogen) atoms. The highest BCUT2D eigenvalue weighted by molar-refractivity contribution is 4.90. The molecule has 0 aromatic carbocycles. The molecule has 0 aromatic rings. The van der Waals surface area contributed by atoms with E-state index in [0.717, 1.165) is 135 Å². The average Bonchev–Trinajstić information content (AvgIpc) is 0.859. The quantitative estimate of drug-likeness (QED) is 0.0367. The Balaban J connectivity index is 0.000000635. The largest absolute Gasteiger partial charge is 0.393 e. The summed E-state index contributed by atoms with van der Waals surface area (Å²) >= 11 is 0. The Morgan fingerprint density at radius 3 is 1.05 bits per heavy atom. The normalized spacial score (nSPS) is 34.9. The zero-order valence-corrected chi connectivity index (χ0v) is 79.6. The summed E-state index contributed by atoms with van der Waals surface area (Å²) in [6, 6.07) is 0. The first-order valence-electron chi connectivity index (χ1n) is 50.0. The van der Waals surface area contributed by atoms with Crippen LogP contribution in [0.3, 0.4) is 0 Å². The summed E-state index contributed by atoms with van der Waals surface area (Å²) in [5.41, 5.74) is 0. The summed E-state index contributed by atoms with van der Waals surface area (Å²) < 4.78 is 0. The van der Waals surface area contributed by atoms with Gasteiger partial charge in [-0.2, -0.15) is 0 Å². The second-order valence-corrected chi connectivity index (χ2v) is 42.4. The first-order chi connectivity index (χ1) is 52.5. The van der Waals surface area contributed by atoms with Crippen molar-refractivity contribution < 1.29 is 40.9 Å². The molecule has 8 saturated carbocycles. The number of hydrogen-bond donors (Lipinski definition) is 8. The molecule has 0 aromatic heterocycles. The van der Waals surface area contributed by atoms with Crippen molar-refractivity contribution in [1.82, 2.24) is 0 Å². The van der Waals surface area contributed by atoms with Crippen molar-refractivity contribution in [2.24, 2.45) is 154 Å². The Bertz CT molecular complexity index is 2050. The molecule has 26 atom stereocenters. The van der Waals surface area contributed by atoms with Gasteiger partial charge in [0.2, 0.25) is 0 Å². The number of aliphatic hydroxyl groups is 8. The van der Waals surface area contributed by atoms with Crippen LogP contribution in [0, 0.1) is 154 Å². The Kier molecular flexibility index (Phi) is 60.6. The Morgan fingerprint density at radius 2 is 0.595 bits per heavy atom. The summed E-state index contributed by atoms with van der Waals surface area (Å²) in [5.74, 6) is 18.2. The lowest BCUT2D eigenvalue weighted by molar-refractivity contribution is -0.0271. The summed E-state index contributed by atoms with van der Waals surface area (Å²) in [7, 11) is 0. The zero-order valence-electron chi connectivity index (χ0n) is 79.6. The maximum atomic E-state index is 10.4. The van der Waals surface area contributed by atoms with Crippen LogP contribution in [0.5, 0.6) is 0 Å². The molecule has 8 N–H and O–H groups in total. The van der Waals surface area contributed by atoms with E-state index < -0.39 is 0 Å². The molecule has 0 amide bonds. The topological polar surface area (TPSA) is 162 Å². The van der Waals surface area contributed by atoms with Crippen LogP contribution in [0.4, 0.5) is 0 Å². The van der Waals surface area contributed by atoms with Gasteiger partial charge in [0.1, 0.15) is 0 Å². The SMILES string of the molecule is CC(C)CC1CCC(CC(C)C)C(O)C1.CC(C)CC1CCC(O)C(CC(C)C)C1.CC(C)CC1CCCC(CC(C)C)C1O.CCC(C)C1CCC(O)C(C(C)CC)C1.CCC(C)C1CCCC(C(C)CC)C1O.CCCC1CCC(CC)C(O)C1.CCCC1CCC(O)C(CC)C1.CCCC1CCCC(O)C1CC. The molecule has 0 radical (unpaired) electrons. The van der Waals surface area contributed by atoms with Crippen molar-refractivity contribution in [3.05, 3.63) is 0 Å². The standard InChI is InChI=1S/5C14H28O.3C11H22O/c1-10(2)7-12-5-6-14(15)13(9-12)8-11(3)4;1-10(2)7-12-5-6-13(8-11(3)4)14(15)9-12;1-10(2)8-12-6-5-7-13(14(12)15)9-11(3)4;1-5-10(3)12-7-8-14(15)13(9-12)11(4)6-2;1-5-10(3)12-8-7-9-13(14(12)15)11(4)6-2;1-3-6-9-7-5-8-11(12)10(9)4-2;1-3-5-9-6-7-11(12)10(4-2)8-9;1-3-5-9-6-7-10(4-2)11(12)8-9/h5*10-15H,5-9H2,1-4H3;3*9-12H,3-8H2,1-2H3. The van der Waals surface area contributed by atoms with Crippen molar-refractivity contribution >= 4 is 0 Å². The highest BCUT2D eigenvalue weighted by Crippen LogP contribution is 2.44. The van der Waals surface area contributed by atoms with Crippen LogP contribution in [-0.2, 0) is 0 Å². The average molecular weight is 1570 g/mol. The summed E-state index contributed by atoms with van der Waals surface area (Å²) in [5, 5.41) is 80.1. The molecule has 0 saturated heterocycles. The zero-order chi connectivity index (χ0) is 84.0. The lowest BCUT2D eigenvalue weighted by Gasteiger charge is -2.40. The van der Waals surface area contributed by atoms with Crippen molar-refractivity contribution in [3.8, 4) is 0 Å². The van der Waals surface area contributed by atoms with Crippen molar-refractivity contribution in [2.75, 3.05) is 0 Å². The van der Waals surface area contributed by atoms with Gasteiger partial charge in [-0.15, -0.1) is 0 Å². The van der Waals surface area contributed by atoms with Crippen molar-refractivity contribution in [2.45, 2.75) is 505 Å². The highest BCUT2D eigenvalue weighted by atomic mass is 16.3. The van der Waals surface area contributed by atoms with E-state index in [2.05, 4.69) is 180 Å². The van der Waals surface area contributed by atoms with Gasteiger partial charge in [-0.05, 0) is 327 Å². The lowest BCUT2D eigenvalue weighted by Crippen LogP contribution is -2.39. The summed E-state index contributed by atoms with van der Waals surface area (Å²) in [6.45, 7) is 58.9. The molecule has 8 heteroatoms. The van der Waals surface area contributed by atoms with Gasteiger partial charge in [-0.25, -0.2) is 0 Å². The molecule has 0 spiro atoms. The first kappa shape index (κ1) is 109. The van der Waals surface area contributed by atoms with Gasteiger partial charge < -0.3 is 40.9 Å². The van der Waals surface area contributed by atoms with Crippen LogP contribution in [-0.4, -0.2) is 89.7 Å². The van der Waals surface area contributed by atoms with Crippen LogP contribution >= 0.6 is 0 Å². The lowest BCUT2D eigenvalue weighted by atomic mass is 9.68. The number of hydrogen-bond acceptors (Lipinski definition) is 8. The van der Waals surface area contributed by atoms with E-state index in [1.165, 1.54) is 218 Å². The van der Waals surface area contributed by atoms with Crippen LogP contribution in [0.15, 0.2) is 0 Å². The van der Waals surface area contributed by atoms with E-state index >= 15 is 0 Å². The third kappa shape index (κ3) is 44.2. The van der Waals surface area contributed by atoms with Crippen LogP contribution < -0.4 is 0 Å². The smallest absolute Gasteiger partial charge is 0.0601 e. The molecule has 0 aliphatic heterocycles. The fraction of sp³-hybridized carbons (Fsp3) is 1.00. The first-order valence-corrected chi connectivity index (χ1v) is 50.0. The third-order valence-corrected chi connectivity index (χ3v) is 30.2. The summed E-state index contributed by atoms with van der Waals surface area (Å²) in [4.78, 5) is 0. The molecule has 8 fully saturated rings. The van der Waals surface area contributed by atoms with E-state index in [9.17, 15) is 40.9 Å². The maximum absolute atomic E-state index is 10.4. The molecule has 0 bridgehead atoms. The molecule has 8 nitrogen and oxygen atoms in total. The van der Waals surface area contributed by atoms with Crippen LogP contribution in [0.2, 0.25) is 0 Å². The minimum absolute atomic E-state index is 0.000278. The van der Waals surface area contributed by atoms with Gasteiger partial charge in [0, 0.05) is 0 Å². The van der Waals surface area contributed by atoms with Gasteiger partial charge in [0.25, 0.3) is 0 Å². The van der Waals surface area contributed by atoms with Gasteiger partial charge in [-0.3, -0.25) is 0 Å². The fourth-order valence-electron chi connectivity index (χ4n) is 22.9. The van der Waals surface area contributed by atoms with Gasteiger partial charge in [-0.1, -0.05) is 283 Å². The predicted molar refractivity (Wildman–Crippen MR) is 485 cm³/mol. The molecular formula is C103H206O8. The summed E-state index contributed by atoms with van der Waals surface area (Å²) in [6.07, 6.45) is 52.7. The second-order valence-electron chi connectivity index (χ2n) is 42.4. The molecule has 8 aliphatic carbocycles. The van der Waals surface area contributed by atoms with Crippen LogP contribution in [0.1, 0.15) is 456 Å². The van der Waals surface area contributed by atoms with Gasteiger partial charge in [0.15, 0.2) is 0 Å². The minimum atomic E-state index is -0.0383. The molecule has 8 aliphatic rings. The van der Waals surface area contributed by atoms with E-state index in [1.54, 1.807) is 0 Å². The van der Waals surface area contributed by atoms with E-state index in [0.29, 0.717) is 76.9 Å². The van der Waals surface area contributed by atoms with Gasteiger partial charge >= 0.3 is 0 Å². The molecule has 0 heterocycles. The second kappa shape index (κ2) is 61.9. The Labute approximate surface area is 695 Å². The third-order valence-electron chi connectivity index (χ3n) is 30.2. The minimum Gasteiger partial charge on any atom is -0.393 e. The molecular weight excluding hydrogens is 1370 g/mol. The van der Waals surface area contributed by atoms with Crippen LogP contribution in [0.25, 0.3) is 0 Å². The predicted octanol–water partition coefficient (Wildman–Crippen LogP) is 28.2. The Hall–Kier alpha value is -0.320. The highest BCUT2D eigenvalue weighted by Gasteiger charge is 2.39. The maximum Gasteiger partial charge on any atom is 0.0601 e. The van der Waals surface area contributed by atoms with E-state index in [1.807, 2.05) is 0 Å². The Morgan fingerprint density at radius 1 is 0.234 bits per heavy atom. The van der Waals surface area contributed by atoms with E-state index in [-0.39, 0.29) is 48.8 Å². The molecule has 8 rings (SSSR count). The van der Waals surface area contributed by atoms with Crippen molar-refractivity contribution in [1.29, 1.82) is 0 Å². The van der Waals surface area contributed by atoms with E-state index in [4.69, 9.17) is 0 Å². The fourth-order valence-corrected chi connectivity index (χ4v) is 22.9. The van der Waals surface area contributed by atoms with Gasteiger partial charge in [0.05, 0.1) is 48.8 Å². The molecule has 666 valence electrons. The number of rotatable bonds is 29. The monoisotopic (exact) mass is 1570 g/mol. The van der Waals surface area contributed by atoms with Crippen molar-refractivity contribution in [3.63, 3.8) is 0 Å².